The Morgan fingerprint density at radius 1 is 1.44 bits per heavy atom. The van der Waals surface area contributed by atoms with Crippen molar-refractivity contribution in [2.45, 2.75) is 51.2 Å². The van der Waals surface area contributed by atoms with Crippen LogP contribution in [0, 0.1) is 11.3 Å². The highest BCUT2D eigenvalue weighted by Crippen LogP contribution is 2.18. The maximum absolute atomic E-state index is 9.29. The molecule has 0 aromatic heterocycles. The van der Waals surface area contributed by atoms with E-state index in [2.05, 4.69) is 18.3 Å². The van der Waals surface area contributed by atoms with Crippen molar-refractivity contribution in [1.29, 1.82) is 5.26 Å². The second kappa shape index (κ2) is 10.6. The monoisotopic (exact) mass is 274 g/mol. The molecule has 0 aliphatic rings. The predicted octanol–water partition coefficient (Wildman–Crippen LogP) is 1.52. The topological polar surface area (TPSA) is 76.3 Å². The van der Waals surface area contributed by atoms with Crippen molar-refractivity contribution in [2.75, 3.05) is 24.7 Å². The Labute approximate surface area is 115 Å². The molecule has 0 fully saturated rings. The molecule has 3 N–H and O–H groups in total. The summed E-state index contributed by atoms with van der Waals surface area (Å²) >= 11 is 1.62. The summed E-state index contributed by atoms with van der Waals surface area (Å²) in [4.78, 5) is 0. The highest BCUT2D eigenvalue weighted by atomic mass is 32.2. The van der Waals surface area contributed by atoms with Crippen molar-refractivity contribution in [3.63, 3.8) is 0 Å². The third-order valence-corrected chi connectivity index (χ3v) is 4.14. The summed E-state index contributed by atoms with van der Waals surface area (Å²) in [6.07, 6.45) is 3.00. The molecule has 0 amide bonds. The standard InChI is InChI=1S/C13H26N2O2S/c1-3-7-15-13(4-2,11-14)6-5-8-18-10-12(17)9-16/h12,15-17H,3-10H2,1-2H3. The molecule has 106 valence electrons. The molecule has 4 nitrogen and oxygen atoms in total. The SMILES string of the molecule is CCCNC(C#N)(CC)CCCSCC(O)CO. The molecular weight excluding hydrogens is 248 g/mol. The van der Waals surface area contributed by atoms with Crippen LogP contribution in [0.2, 0.25) is 0 Å². The van der Waals surface area contributed by atoms with Gasteiger partial charge < -0.3 is 10.2 Å². The molecule has 0 rings (SSSR count). The van der Waals surface area contributed by atoms with Crippen LogP contribution in [0.4, 0.5) is 0 Å². The minimum absolute atomic E-state index is 0.178. The van der Waals surface area contributed by atoms with Crippen molar-refractivity contribution >= 4 is 11.8 Å². The number of nitrogens with zero attached hydrogens (tertiary/aromatic N) is 1. The fraction of sp³-hybridized carbons (Fsp3) is 0.923. The summed E-state index contributed by atoms with van der Waals surface area (Å²) in [5.74, 6) is 1.47. The molecule has 2 unspecified atom stereocenters. The normalized spacial score (nSPS) is 15.9. The molecule has 0 bridgehead atoms. The van der Waals surface area contributed by atoms with E-state index in [-0.39, 0.29) is 6.61 Å². The lowest BCUT2D eigenvalue weighted by molar-refractivity contribution is 0.113. The summed E-state index contributed by atoms with van der Waals surface area (Å²) in [6, 6.07) is 2.40. The van der Waals surface area contributed by atoms with Gasteiger partial charge in [0, 0.05) is 5.75 Å². The molecule has 2 atom stereocenters. The number of aliphatic hydroxyl groups is 2. The summed E-state index contributed by atoms with van der Waals surface area (Å²) < 4.78 is 0. The minimum atomic E-state index is -0.625. The van der Waals surface area contributed by atoms with Gasteiger partial charge in [-0.1, -0.05) is 13.8 Å². The summed E-state index contributed by atoms with van der Waals surface area (Å²) in [6.45, 7) is 4.82. The van der Waals surface area contributed by atoms with E-state index in [0.717, 1.165) is 38.0 Å². The lowest BCUT2D eigenvalue weighted by Gasteiger charge is -2.26. The van der Waals surface area contributed by atoms with Gasteiger partial charge in [0.2, 0.25) is 0 Å². The second-order valence-corrected chi connectivity index (χ2v) is 5.64. The van der Waals surface area contributed by atoms with Crippen LogP contribution in [0.5, 0.6) is 0 Å². The smallest absolute Gasteiger partial charge is 0.106 e. The zero-order chi connectivity index (χ0) is 13.9. The minimum Gasteiger partial charge on any atom is -0.394 e. The molecule has 0 saturated heterocycles. The Balaban J connectivity index is 3.87. The van der Waals surface area contributed by atoms with Crippen LogP contribution in [-0.2, 0) is 0 Å². The Bertz CT molecular complexity index is 246. The first kappa shape index (κ1) is 17.7. The van der Waals surface area contributed by atoms with E-state index < -0.39 is 11.6 Å². The summed E-state index contributed by atoms with van der Waals surface area (Å²) in [5.41, 5.74) is -0.397. The lowest BCUT2D eigenvalue weighted by Crippen LogP contribution is -2.43. The number of nitrogens with one attached hydrogen (secondary N) is 1. The van der Waals surface area contributed by atoms with E-state index >= 15 is 0 Å². The van der Waals surface area contributed by atoms with Crippen molar-refractivity contribution in [1.82, 2.24) is 5.32 Å². The van der Waals surface area contributed by atoms with E-state index in [1.807, 2.05) is 6.92 Å². The first-order valence-corrected chi connectivity index (χ1v) is 7.82. The van der Waals surface area contributed by atoms with Gasteiger partial charge in [0.25, 0.3) is 0 Å². The van der Waals surface area contributed by atoms with Crippen molar-refractivity contribution in [3.05, 3.63) is 0 Å². The molecule has 0 aromatic carbocycles. The molecule has 0 aromatic rings. The van der Waals surface area contributed by atoms with Gasteiger partial charge in [-0.05, 0) is 38.0 Å². The van der Waals surface area contributed by atoms with Gasteiger partial charge in [0.1, 0.15) is 5.54 Å². The van der Waals surface area contributed by atoms with Crippen LogP contribution in [0.1, 0.15) is 39.5 Å². The number of aliphatic hydroxyl groups excluding tert-OH is 2. The van der Waals surface area contributed by atoms with E-state index in [1.54, 1.807) is 11.8 Å². The molecule has 0 saturated carbocycles. The molecule has 0 aliphatic carbocycles. The predicted molar refractivity (Wildman–Crippen MR) is 76.6 cm³/mol. The Kier molecular flexibility index (Phi) is 10.5. The van der Waals surface area contributed by atoms with E-state index in [4.69, 9.17) is 5.11 Å². The van der Waals surface area contributed by atoms with E-state index in [0.29, 0.717) is 5.75 Å². The Morgan fingerprint density at radius 2 is 2.17 bits per heavy atom. The fourth-order valence-corrected chi connectivity index (χ4v) is 2.57. The molecule has 0 radical (unpaired) electrons. The van der Waals surface area contributed by atoms with Crippen molar-refractivity contribution in [3.8, 4) is 6.07 Å². The van der Waals surface area contributed by atoms with Gasteiger partial charge in [-0.15, -0.1) is 0 Å². The quantitative estimate of drug-likeness (QED) is 0.498. The van der Waals surface area contributed by atoms with Gasteiger partial charge in [-0.3, -0.25) is 5.32 Å². The van der Waals surface area contributed by atoms with Crippen LogP contribution < -0.4 is 5.32 Å². The van der Waals surface area contributed by atoms with E-state index in [1.165, 1.54) is 0 Å². The maximum atomic E-state index is 9.29. The number of hydrogen-bond acceptors (Lipinski definition) is 5. The van der Waals surface area contributed by atoms with Crippen LogP contribution in [-0.4, -0.2) is 46.5 Å². The number of thioether (sulfide) groups is 1. The van der Waals surface area contributed by atoms with Crippen LogP contribution >= 0.6 is 11.8 Å². The van der Waals surface area contributed by atoms with Crippen molar-refractivity contribution < 1.29 is 10.2 Å². The number of hydrogen-bond donors (Lipinski definition) is 3. The zero-order valence-electron chi connectivity index (χ0n) is 11.5. The molecule has 0 aliphatic heterocycles. The van der Waals surface area contributed by atoms with E-state index in [9.17, 15) is 10.4 Å². The van der Waals surface area contributed by atoms with Crippen LogP contribution in [0.25, 0.3) is 0 Å². The first-order valence-electron chi connectivity index (χ1n) is 6.67. The molecule has 18 heavy (non-hydrogen) atoms. The third kappa shape index (κ3) is 7.22. The molecular formula is C13H26N2O2S. The maximum Gasteiger partial charge on any atom is 0.106 e. The van der Waals surface area contributed by atoms with Gasteiger partial charge in [-0.25, -0.2) is 0 Å². The number of nitriles is 1. The van der Waals surface area contributed by atoms with Gasteiger partial charge in [0.15, 0.2) is 0 Å². The summed E-state index contributed by atoms with van der Waals surface area (Å²) in [7, 11) is 0. The third-order valence-electron chi connectivity index (χ3n) is 2.94. The molecule has 0 heterocycles. The highest BCUT2D eigenvalue weighted by molar-refractivity contribution is 7.99. The second-order valence-electron chi connectivity index (χ2n) is 4.49. The summed E-state index contributed by atoms with van der Waals surface area (Å²) in [5, 5.41) is 30.5. The Hall–Kier alpha value is -0.280. The van der Waals surface area contributed by atoms with Crippen LogP contribution in [0.15, 0.2) is 0 Å². The fourth-order valence-electron chi connectivity index (χ4n) is 1.68. The Morgan fingerprint density at radius 3 is 2.67 bits per heavy atom. The molecule has 0 spiro atoms. The van der Waals surface area contributed by atoms with Gasteiger partial charge in [-0.2, -0.15) is 17.0 Å². The zero-order valence-corrected chi connectivity index (χ0v) is 12.3. The average Bonchev–Trinajstić information content (AvgIpc) is 2.42. The lowest BCUT2D eigenvalue weighted by atomic mass is 9.92. The highest BCUT2D eigenvalue weighted by Gasteiger charge is 2.25. The largest absolute Gasteiger partial charge is 0.394 e. The molecule has 5 heteroatoms. The number of rotatable bonds is 11. The van der Waals surface area contributed by atoms with Crippen molar-refractivity contribution in [2.24, 2.45) is 0 Å². The van der Waals surface area contributed by atoms with Crippen LogP contribution in [0.3, 0.4) is 0 Å². The van der Waals surface area contributed by atoms with Gasteiger partial charge >= 0.3 is 0 Å². The van der Waals surface area contributed by atoms with Gasteiger partial charge in [0.05, 0.1) is 18.8 Å². The average molecular weight is 274 g/mol. The first-order chi connectivity index (χ1) is 8.64.